The normalized spacial score (nSPS) is 16.6. The van der Waals surface area contributed by atoms with Gasteiger partial charge in [-0.05, 0) is 86.9 Å². The van der Waals surface area contributed by atoms with Gasteiger partial charge in [-0.3, -0.25) is 4.79 Å². The van der Waals surface area contributed by atoms with Crippen molar-refractivity contribution in [2.75, 3.05) is 16.8 Å². The maximum absolute atomic E-state index is 12.3. The summed E-state index contributed by atoms with van der Waals surface area (Å²) in [4.78, 5) is 14.7. The summed E-state index contributed by atoms with van der Waals surface area (Å²) in [5.74, 6) is 0.955. The van der Waals surface area contributed by atoms with E-state index in [2.05, 4.69) is 29.3 Å². The molecule has 4 rings (SSSR count). The summed E-state index contributed by atoms with van der Waals surface area (Å²) < 4.78 is 5.78. The van der Waals surface area contributed by atoms with E-state index in [0.29, 0.717) is 27.6 Å². The van der Waals surface area contributed by atoms with Crippen molar-refractivity contribution in [3.8, 4) is 11.3 Å². The molecule has 1 amide bonds. The molecule has 160 valence electrons. The summed E-state index contributed by atoms with van der Waals surface area (Å²) in [5.41, 5.74) is 2.71. The summed E-state index contributed by atoms with van der Waals surface area (Å²) in [6.07, 6.45) is 6.83. The second-order valence-corrected chi connectivity index (χ2v) is 8.58. The number of furan rings is 1. The predicted octanol–water partition coefficient (Wildman–Crippen LogP) is 7.28. The highest BCUT2D eigenvalue weighted by molar-refractivity contribution is 6.36. The van der Waals surface area contributed by atoms with Gasteiger partial charge in [0.05, 0.1) is 5.02 Å². The fraction of sp³-hybridized carbons (Fsp3) is 0.240. The third-order valence-electron chi connectivity index (χ3n) is 5.49. The first-order valence-corrected chi connectivity index (χ1v) is 11.2. The van der Waals surface area contributed by atoms with Crippen LogP contribution in [0.15, 0.2) is 65.1 Å². The van der Waals surface area contributed by atoms with Crippen molar-refractivity contribution in [3.63, 3.8) is 0 Å². The minimum Gasteiger partial charge on any atom is -0.457 e. The van der Waals surface area contributed by atoms with Gasteiger partial charge in [-0.1, -0.05) is 23.2 Å². The summed E-state index contributed by atoms with van der Waals surface area (Å²) in [5, 5.41) is 3.96. The van der Waals surface area contributed by atoms with Gasteiger partial charge in [0.1, 0.15) is 11.5 Å². The molecule has 6 heteroatoms. The van der Waals surface area contributed by atoms with Crippen LogP contribution in [-0.2, 0) is 4.79 Å². The molecule has 3 aromatic rings. The Balaban J connectivity index is 1.37. The number of benzene rings is 2. The highest BCUT2D eigenvalue weighted by atomic mass is 35.5. The fourth-order valence-corrected chi connectivity index (χ4v) is 4.34. The largest absolute Gasteiger partial charge is 0.457 e. The number of hydrogen-bond donors (Lipinski definition) is 1. The lowest BCUT2D eigenvalue weighted by atomic mass is 10.0. The summed E-state index contributed by atoms with van der Waals surface area (Å²) in [6.45, 7) is 3.35. The van der Waals surface area contributed by atoms with Crippen molar-refractivity contribution in [3.05, 3.63) is 76.5 Å². The quantitative estimate of drug-likeness (QED) is 0.411. The van der Waals surface area contributed by atoms with Gasteiger partial charge in [-0.15, -0.1) is 0 Å². The fourth-order valence-electron chi connectivity index (χ4n) is 3.84. The van der Waals surface area contributed by atoms with Crippen LogP contribution in [-0.4, -0.2) is 18.5 Å². The maximum atomic E-state index is 12.3. The number of rotatable bonds is 5. The van der Waals surface area contributed by atoms with Crippen LogP contribution in [0.4, 0.5) is 11.4 Å². The lowest BCUT2D eigenvalue weighted by Gasteiger charge is -2.35. The van der Waals surface area contributed by atoms with Gasteiger partial charge in [-0.25, -0.2) is 0 Å². The third-order valence-corrected chi connectivity index (χ3v) is 6.04. The molecule has 1 saturated heterocycles. The number of carbonyl (C=O) groups excluding carboxylic acids is 1. The first-order valence-electron chi connectivity index (χ1n) is 10.4. The highest BCUT2D eigenvalue weighted by Gasteiger charge is 2.18. The van der Waals surface area contributed by atoms with Gasteiger partial charge >= 0.3 is 0 Å². The first-order chi connectivity index (χ1) is 15.0. The molecule has 1 aromatic heterocycles. The number of piperidine rings is 1. The average Bonchev–Trinajstić information content (AvgIpc) is 3.22. The van der Waals surface area contributed by atoms with E-state index in [9.17, 15) is 4.79 Å². The van der Waals surface area contributed by atoms with Crippen LogP contribution in [0.5, 0.6) is 0 Å². The van der Waals surface area contributed by atoms with E-state index < -0.39 is 0 Å². The molecule has 1 aliphatic heterocycles. The number of anilines is 2. The smallest absolute Gasteiger partial charge is 0.248 e. The average molecular weight is 455 g/mol. The summed E-state index contributed by atoms with van der Waals surface area (Å²) >= 11 is 12.2. The van der Waals surface area contributed by atoms with Gasteiger partial charge < -0.3 is 14.6 Å². The Bertz CT molecular complexity index is 1090. The third kappa shape index (κ3) is 5.33. The highest BCUT2D eigenvalue weighted by Crippen LogP contribution is 2.32. The summed E-state index contributed by atoms with van der Waals surface area (Å²) in [6, 6.07) is 17.4. The van der Waals surface area contributed by atoms with Crippen molar-refractivity contribution in [2.45, 2.75) is 32.2 Å². The van der Waals surface area contributed by atoms with Gasteiger partial charge in [0.25, 0.3) is 0 Å². The molecule has 2 heterocycles. The van der Waals surface area contributed by atoms with Crippen LogP contribution < -0.4 is 10.2 Å². The van der Waals surface area contributed by atoms with E-state index in [1.165, 1.54) is 31.0 Å². The van der Waals surface area contributed by atoms with Gasteiger partial charge in [0.2, 0.25) is 5.91 Å². The van der Waals surface area contributed by atoms with Gasteiger partial charge in [-0.2, -0.15) is 0 Å². The van der Waals surface area contributed by atoms with Crippen molar-refractivity contribution in [1.29, 1.82) is 0 Å². The van der Waals surface area contributed by atoms with Crippen LogP contribution in [0.3, 0.4) is 0 Å². The molecule has 31 heavy (non-hydrogen) atoms. The molecule has 0 spiro atoms. The number of nitrogens with one attached hydrogen (secondary N) is 1. The van der Waals surface area contributed by atoms with Crippen LogP contribution in [0.1, 0.15) is 31.9 Å². The number of amides is 1. The Morgan fingerprint density at radius 3 is 2.65 bits per heavy atom. The van der Waals surface area contributed by atoms with E-state index in [4.69, 9.17) is 27.6 Å². The number of halogens is 2. The maximum Gasteiger partial charge on any atom is 0.248 e. The first kappa shape index (κ1) is 21.5. The van der Waals surface area contributed by atoms with E-state index in [1.807, 2.05) is 18.2 Å². The molecule has 1 atom stereocenters. The lowest BCUT2D eigenvalue weighted by Crippen LogP contribution is -2.37. The topological polar surface area (TPSA) is 45.5 Å². The molecule has 1 fully saturated rings. The van der Waals surface area contributed by atoms with E-state index in [0.717, 1.165) is 17.8 Å². The van der Waals surface area contributed by atoms with Crippen molar-refractivity contribution in [1.82, 2.24) is 0 Å². The minimum absolute atomic E-state index is 0.221. The molecule has 2 aromatic carbocycles. The Kier molecular flexibility index (Phi) is 6.69. The van der Waals surface area contributed by atoms with Crippen LogP contribution in [0.2, 0.25) is 10.0 Å². The Morgan fingerprint density at radius 1 is 1.10 bits per heavy atom. The van der Waals surface area contributed by atoms with Crippen LogP contribution >= 0.6 is 23.2 Å². The van der Waals surface area contributed by atoms with Crippen molar-refractivity contribution >= 4 is 46.6 Å². The Labute approximate surface area is 192 Å². The molecular formula is C25H24Cl2N2O2. The van der Waals surface area contributed by atoms with Crippen LogP contribution in [0.25, 0.3) is 17.4 Å². The minimum atomic E-state index is -0.221. The van der Waals surface area contributed by atoms with Crippen molar-refractivity contribution < 1.29 is 9.21 Å². The lowest BCUT2D eigenvalue weighted by molar-refractivity contribution is -0.111. The molecule has 0 radical (unpaired) electrons. The number of hydrogen-bond acceptors (Lipinski definition) is 3. The molecule has 1 N–H and O–H groups in total. The molecule has 1 aliphatic rings. The van der Waals surface area contributed by atoms with E-state index in [1.54, 1.807) is 30.3 Å². The molecule has 0 aliphatic carbocycles. The zero-order valence-corrected chi connectivity index (χ0v) is 18.8. The molecule has 4 nitrogen and oxygen atoms in total. The monoisotopic (exact) mass is 454 g/mol. The zero-order chi connectivity index (χ0) is 21.8. The predicted molar refractivity (Wildman–Crippen MR) is 129 cm³/mol. The second kappa shape index (κ2) is 9.63. The number of nitrogens with zero attached hydrogens (tertiary/aromatic N) is 1. The van der Waals surface area contributed by atoms with Gasteiger partial charge in [0, 0.05) is 40.6 Å². The Hall–Kier alpha value is -2.69. The molecule has 0 bridgehead atoms. The molecule has 0 unspecified atom stereocenters. The Morgan fingerprint density at radius 2 is 1.90 bits per heavy atom. The van der Waals surface area contributed by atoms with Crippen molar-refractivity contribution in [2.24, 2.45) is 0 Å². The van der Waals surface area contributed by atoms with E-state index >= 15 is 0 Å². The SMILES string of the molecule is C[C@@H]1CCCCN1c1ccc(NC(=O)/C=C/c2ccc(-c3ccc(Cl)cc3Cl)o2)cc1. The van der Waals surface area contributed by atoms with E-state index in [-0.39, 0.29) is 5.91 Å². The zero-order valence-electron chi connectivity index (χ0n) is 17.3. The molecular weight excluding hydrogens is 431 g/mol. The van der Waals surface area contributed by atoms with Crippen LogP contribution in [0, 0.1) is 0 Å². The summed E-state index contributed by atoms with van der Waals surface area (Å²) in [7, 11) is 0. The molecule has 0 saturated carbocycles. The second-order valence-electron chi connectivity index (χ2n) is 7.73. The standard InChI is InChI=1S/C25H24Cl2N2O2/c1-17-4-2-3-15-29(17)20-8-6-19(7-9-20)28-25(30)14-11-21-10-13-24(31-21)22-12-5-18(26)16-23(22)27/h5-14,16-17H,2-4,15H2,1H3,(H,28,30)/b14-11+/t17-/m1/s1. The van der Waals surface area contributed by atoms with Gasteiger partial charge in [0.15, 0.2) is 0 Å². The number of carbonyl (C=O) groups is 1.